The van der Waals surface area contributed by atoms with Gasteiger partial charge in [0.25, 0.3) is 0 Å². The van der Waals surface area contributed by atoms with Crippen molar-refractivity contribution in [2.75, 3.05) is 33.1 Å². The van der Waals surface area contributed by atoms with E-state index in [4.69, 9.17) is 33.2 Å². The van der Waals surface area contributed by atoms with E-state index in [1.54, 1.807) is 11.0 Å². The molecule has 1 amide bonds. The summed E-state index contributed by atoms with van der Waals surface area (Å²) >= 11 is 1.31. The SMILES string of the molecule is CC(C)CN(C[C@H]1OC(C)(C)N(C(=O)O[C@H]2CO[C@H]3OCC[C@H]32)[C@H]1Cc1ccc(OCc2ccc(-c3csnn3)cc2)cc1)S(=O)(=O)c1ccc2c(c1)OCO2. The van der Waals surface area contributed by atoms with Crippen LogP contribution in [0.15, 0.2) is 77.0 Å². The third kappa shape index (κ3) is 8.08. The molecule has 0 radical (unpaired) electrons. The minimum atomic E-state index is -4.02. The summed E-state index contributed by atoms with van der Waals surface area (Å²) in [6, 6.07) is 19.8. The number of nitrogens with zero attached hydrogens (tertiary/aromatic N) is 4. The van der Waals surface area contributed by atoms with Crippen LogP contribution in [0.25, 0.3) is 11.3 Å². The van der Waals surface area contributed by atoms with Gasteiger partial charge >= 0.3 is 6.09 Å². The first-order valence-electron chi connectivity index (χ1n) is 18.8. The van der Waals surface area contributed by atoms with Gasteiger partial charge < -0.3 is 33.2 Å². The average Bonchev–Trinajstić information content (AvgIpc) is 4.02. The summed E-state index contributed by atoms with van der Waals surface area (Å²) in [5, 5.41) is 6.04. The first-order valence-corrected chi connectivity index (χ1v) is 21.1. The molecule has 5 atom stereocenters. The molecule has 0 N–H and O–H groups in total. The van der Waals surface area contributed by atoms with Crippen molar-refractivity contribution in [2.45, 2.75) is 82.3 Å². The molecule has 0 spiro atoms. The summed E-state index contributed by atoms with van der Waals surface area (Å²) in [4.78, 5) is 16.0. The molecule has 0 bridgehead atoms. The molecule has 56 heavy (non-hydrogen) atoms. The normalized spacial score (nSPS) is 23.9. The number of carbonyl (C=O) groups is 1. The molecule has 16 heteroatoms. The number of benzene rings is 3. The molecule has 14 nitrogen and oxygen atoms in total. The molecule has 4 aliphatic heterocycles. The molecule has 5 heterocycles. The Morgan fingerprint density at radius 1 is 1.02 bits per heavy atom. The number of carbonyl (C=O) groups excluding carboxylic acids is 1. The Morgan fingerprint density at radius 3 is 2.54 bits per heavy atom. The second kappa shape index (κ2) is 15.9. The minimum absolute atomic E-state index is 0.00241. The number of hydrogen-bond donors (Lipinski definition) is 0. The van der Waals surface area contributed by atoms with E-state index < -0.39 is 40.1 Å². The molecule has 3 fully saturated rings. The van der Waals surface area contributed by atoms with Crippen LogP contribution < -0.4 is 14.2 Å². The molecular formula is C40H46N4O10S2. The van der Waals surface area contributed by atoms with Crippen LogP contribution in [-0.4, -0.2) is 96.7 Å². The Bertz CT molecular complexity index is 2100. The number of sulfonamides is 1. The Balaban J connectivity index is 1.03. The van der Waals surface area contributed by atoms with Crippen LogP contribution in [-0.2, 0) is 42.0 Å². The van der Waals surface area contributed by atoms with E-state index >= 15 is 0 Å². The van der Waals surface area contributed by atoms with Crippen LogP contribution in [0, 0.1) is 11.8 Å². The van der Waals surface area contributed by atoms with E-state index in [1.807, 2.05) is 81.6 Å². The van der Waals surface area contributed by atoms with Gasteiger partial charge in [0.2, 0.25) is 16.8 Å². The quantitative estimate of drug-likeness (QED) is 0.154. The molecule has 3 saturated heterocycles. The fraction of sp³-hybridized carbons (Fsp3) is 0.475. The summed E-state index contributed by atoms with van der Waals surface area (Å²) < 4.78 is 75.3. The third-order valence-electron chi connectivity index (χ3n) is 10.5. The largest absolute Gasteiger partial charge is 0.489 e. The molecule has 4 aromatic rings. The Morgan fingerprint density at radius 2 is 1.79 bits per heavy atom. The van der Waals surface area contributed by atoms with Gasteiger partial charge in [-0.25, -0.2) is 13.2 Å². The van der Waals surface area contributed by atoms with Crippen molar-refractivity contribution in [1.82, 2.24) is 18.8 Å². The zero-order chi connectivity index (χ0) is 39.0. The molecule has 1 aromatic heterocycles. The van der Waals surface area contributed by atoms with Gasteiger partial charge in [-0.05, 0) is 79.5 Å². The van der Waals surface area contributed by atoms with Crippen LogP contribution in [0.3, 0.4) is 0 Å². The zero-order valence-corrected chi connectivity index (χ0v) is 33.4. The molecule has 0 aliphatic carbocycles. The predicted molar refractivity (Wildman–Crippen MR) is 205 cm³/mol. The monoisotopic (exact) mass is 806 g/mol. The van der Waals surface area contributed by atoms with Gasteiger partial charge in [0, 0.05) is 30.1 Å². The van der Waals surface area contributed by atoms with Gasteiger partial charge in [0.05, 0.1) is 36.2 Å². The lowest BCUT2D eigenvalue weighted by Gasteiger charge is -2.34. The first-order chi connectivity index (χ1) is 26.9. The topological polar surface area (TPSA) is 148 Å². The molecular weight excluding hydrogens is 761 g/mol. The number of aromatic nitrogens is 2. The summed E-state index contributed by atoms with van der Waals surface area (Å²) in [5.74, 6) is 1.51. The van der Waals surface area contributed by atoms with E-state index in [-0.39, 0.29) is 49.5 Å². The smallest absolute Gasteiger partial charge is 0.412 e. The van der Waals surface area contributed by atoms with Gasteiger partial charge in [-0.2, -0.15) is 4.31 Å². The van der Waals surface area contributed by atoms with E-state index in [0.717, 1.165) is 28.8 Å². The molecule has 4 aliphatic rings. The van der Waals surface area contributed by atoms with Crippen molar-refractivity contribution >= 4 is 27.6 Å². The average molecular weight is 807 g/mol. The van der Waals surface area contributed by atoms with Gasteiger partial charge in [-0.3, -0.25) is 4.90 Å². The van der Waals surface area contributed by atoms with Gasteiger partial charge in [-0.1, -0.05) is 54.7 Å². The number of rotatable bonds is 13. The summed E-state index contributed by atoms with van der Waals surface area (Å²) in [5.41, 5.74) is 2.63. The Hall–Kier alpha value is -4.32. The van der Waals surface area contributed by atoms with E-state index in [9.17, 15) is 13.2 Å². The maximum absolute atomic E-state index is 14.3. The summed E-state index contributed by atoms with van der Waals surface area (Å²) in [6.45, 7) is 8.97. The van der Waals surface area contributed by atoms with Crippen molar-refractivity contribution in [2.24, 2.45) is 11.8 Å². The minimum Gasteiger partial charge on any atom is -0.489 e. The van der Waals surface area contributed by atoms with E-state index in [2.05, 4.69) is 9.59 Å². The van der Waals surface area contributed by atoms with E-state index in [0.29, 0.717) is 36.9 Å². The molecule has 298 valence electrons. The fourth-order valence-electron chi connectivity index (χ4n) is 7.80. The van der Waals surface area contributed by atoms with Crippen molar-refractivity contribution in [1.29, 1.82) is 0 Å². The molecule has 0 saturated carbocycles. The van der Waals surface area contributed by atoms with Gasteiger partial charge in [0.1, 0.15) is 29.9 Å². The lowest BCUT2D eigenvalue weighted by atomic mass is 9.99. The maximum Gasteiger partial charge on any atom is 0.412 e. The number of hydrogen-bond acceptors (Lipinski definition) is 13. The van der Waals surface area contributed by atoms with Gasteiger partial charge in [-0.15, -0.1) is 5.10 Å². The standard InChI is InChI=1S/C40H46N4O10S2/c1-25(2)19-43(56(46,47)30-13-14-34-35(18-30)52-24-51-34)20-36-33(44(40(3,4)54-36)39(45)53-37-22-50-38-31(37)15-16-48-38)17-26-7-11-29(12-8-26)49-21-27-5-9-28(10-6-27)32-23-55-42-41-32/h5-14,18,23,25,31,33,36-38H,15-17,19-22,24H2,1-4H3/t31-,33-,36+,37-,38+/m0/s1. The first kappa shape index (κ1) is 38.5. The lowest BCUT2D eigenvalue weighted by molar-refractivity contribution is -0.0911. The van der Waals surface area contributed by atoms with Gasteiger partial charge in [0.15, 0.2) is 17.8 Å². The zero-order valence-electron chi connectivity index (χ0n) is 31.7. The molecule has 3 aromatic carbocycles. The highest BCUT2D eigenvalue weighted by Crippen LogP contribution is 2.40. The maximum atomic E-state index is 14.3. The summed E-state index contributed by atoms with van der Waals surface area (Å²) in [7, 11) is -4.02. The number of amides is 1. The predicted octanol–water partition coefficient (Wildman–Crippen LogP) is 6.11. The van der Waals surface area contributed by atoms with Crippen molar-refractivity contribution in [3.05, 3.63) is 83.2 Å². The van der Waals surface area contributed by atoms with Crippen LogP contribution in [0.1, 0.15) is 45.2 Å². The van der Waals surface area contributed by atoms with Crippen molar-refractivity contribution in [3.63, 3.8) is 0 Å². The van der Waals surface area contributed by atoms with Crippen molar-refractivity contribution < 1.29 is 46.4 Å². The van der Waals surface area contributed by atoms with Crippen molar-refractivity contribution in [3.8, 4) is 28.5 Å². The van der Waals surface area contributed by atoms with Crippen LogP contribution in [0.4, 0.5) is 4.79 Å². The third-order valence-corrected chi connectivity index (χ3v) is 12.9. The number of fused-ring (bicyclic) bond motifs is 2. The Kier molecular flexibility index (Phi) is 10.9. The highest BCUT2D eigenvalue weighted by Gasteiger charge is 2.53. The lowest BCUT2D eigenvalue weighted by Crippen LogP contribution is -2.51. The highest BCUT2D eigenvalue weighted by molar-refractivity contribution is 7.89. The van der Waals surface area contributed by atoms with E-state index in [1.165, 1.54) is 28.0 Å². The highest BCUT2D eigenvalue weighted by atomic mass is 32.2. The summed E-state index contributed by atoms with van der Waals surface area (Å²) in [6.07, 6.45) is -0.999. The second-order valence-electron chi connectivity index (χ2n) is 15.3. The van der Waals surface area contributed by atoms with Crippen LogP contribution in [0.5, 0.6) is 17.2 Å². The fourth-order valence-corrected chi connectivity index (χ4v) is 9.90. The molecule has 0 unspecified atom stereocenters. The Labute approximate surface area is 330 Å². The molecule has 8 rings (SSSR count). The number of ether oxygens (including phenoxy) is 7. The van der Waals surface area contributed by atoms with Crippen LogP contribution >= 0.6 is 11.5 Å². The van der Waals surface area contributed by atoms with Crippen LogP contribution in [0.2, 0.25) is 0 Å². The second-order valence-corrected chi connectivity index (χ2v) is 17.9.